The Balaban J connectivity index is 2.13. The van der Waals surface area contributed by atoms with E-state index in [1.54, 1.807) is 23.9 Å². The Labute approximate surface area is 92.7 Å². The summed E-state index contributed by atoms with van der Waals surface area (Å²) in [6.45, 7) is -0.158. The van der Waals surface area contributed by atoms with Gasteiger partial charge in [0, 0.05) is 10.1 Å². The lowest BCUT2D eigenvalue weighted by Crippen LogP contribution is -2.14. The van der Waals surface area contributed by atoms with E-state index >= 15 is 0 Å². The zero-order valence-electron chi connectivity index (χ0n) is 8.32. The minimum absolute atomic E-state index is 0.158. The first-order valence-electron chi connectivity index (χ1n) is 5.03. The molecule has 0 spiro atoms. The van der Waals surface area contributed by atoms with Gasteiger partial charge < -0.3 is 10.8 Å². The van der Waals surface area contributed by atoms with Crippen molar-refractivity contribution in [3.05, 3.63) is 29.6 Å². The molecule has 1 aliphatic rings. The molecule has 1 saturated carbocycles. The fraction of sp³-hybridized carbons (Fsp3) is 0.455. The van der Waals surface area contributed by atoms with E-state index in [1.165, 1.54) is 18.9 Å². The molecule has 0 radical (unpaired) electrons. The van der Waals surface area contributed by atoms with Gasteiger partial charge in [-0.05, 0) is 30.5 Å². The van der Waals surface area contributed by atoms with E-state index in [-0.39, 0.29) is 12.4 Å². The molecule has 2 nitrogen and oxygen atoms in total. The molecule has 0 bridgehead atoms. The highest BCUT2D eigenvalue weighted by atomic mass is 32.2. The van der Waals surface area contributed by atoms with Crippen LogP contribution in [0.2, 0.25) is 0 Å². The highest BCUT2D eigenvalue weighted by Gasteiger charge is 2.24. The van der Waals surface area contributed by atoms with Crippen LogP contribution < -0.4 is 5.73 Å². The summed E-state index contributed by atoms with van der Waals surface area (Å²) in [7, 11) is 0. The lowest BCUT2D eigenvalue weighted by molar-refractivity contribution is 0.267. The van der Waals surface area contributed by atoms with Crippen molar-refractivity contribution in [2.24, 2.45) is 5.73 Å². The number of benzene rings is 1. The number of halogens is 1. The SMILES string of the molecule is NC(CO)c1ccc(SC2CC2)c(F)c1. The molecule has 1 fully saturated rings. The van der Waals surface area contributed by atoms with Gasteiger partial charge in [0.2, 0.25) is 0 Å². The first-order chi connectivity index (χ1) is 7.20. The van der Waals surface area contributed by atoms with E-state index in [2.05, 4.69) is 0 Å². The fourth-order valence-corrected chi connectivity index (χ4v) is 2.36. The molecule has 15 heavy (non-hydrogen) atoms. The molecular formula is C11H14FNOS. The van der Waals surface area contributed by atoms with E-state index in [0.29, 0.717) is 15.7 Å². The Kier molecular flexibility index (Phi) is 3.29. The van der Waals surface area contributed by atoms with Gasteiger partial charge in [-0.1, -0.05) is 6.07 Å². The molecule has 0 aliphatic heterocycles. The second-order valence-corrected chi connectivity index (χ2v) is 5.14. The minimum atomic E-state index is -0.487. The Hall–Kier alpha value is -0.580. The monoisotopic (exact) mass is 227 g/mol. The Bertz CT molecular complexity index is 354. The third-order valence-electron chi connectivity index (χ3n) is 2.40. The standard InChI is InChI=1S/C11H14FNOS/c12-9-5-7(10(13)6-14)1-4-11(9)15-8-2-3-8/h1,4-5,8,10,14H,2-3,6,13H2. The van der Waals surface area contributed by atoms with Crippen LogP contribution in [-0.4, -0.2) is 17.0 Å². The van der Waals surface area contributed by atoms with Crippen molar-refractivity contribution in [1.29, 1.82) is 0 Å². The van der Waals surface area contributed by atoms with E-state index in [9.17, 15) is 4.39 Å². The average Bonchev–Trinajstić information content (AvgIpc) is 3.04. The first-order valence-corrected chi connectivity index (χ1v) is 5.91. The van der Waals surface area contributed by atoms with Crippen LogP contribution in [-0.2, 0) is 0 Å². The summed E-state index contributed by atoms with van der Waals surface area (Å²) in [6.07, 6.45) is 2.37. The number of hydrogen-bond acceptors (Lipinski definition) is 3. The van der Waals surface area contributed by atoms with E-state index in [1.807, 2.05) is 0 Å². The van der Waals surface area contributed by atoms with Crippen LogP contribution in [0, 0.1) is 5.82 Å². The van der Waals surface area contributed by atoms with E-state index < -0.39 is 6.04 Å². The van der Waals surface area contributed by atoms with Crippen molar-refractivity contribution in [3.63, 3.8) is 0 Å². The number of hydrogen-bond donors (Lipinski definition) is 2. The third kappa shape index (κ3) is 2.71. The quantitative estimate of drug-likeness (QED) is 0.827. The van der Waals surface area contributed by atoms with Crippen LogP contribution >= 0.6 is 11.8 Å². The maximum atomic E-state index is 13.6. The first kappa shape index (κ1) is 10.9. The Morgan fingerprint density at radius 2 is 2.27 bits per heavy atom. The number of nitrogens with two attached hydrogens (primary N) is 1. The van der Waals surface area contributed by atoms with Gasteiger partial charge in [-0.15, -0.1) is 11.8 Å². The molecular weight excluding hydrogens is 213 g/mol. The Morgan fingerprint density at radius 3 is 2.80 bits per heavy atom. The molecule has 82 valence electrons. The smallest absolute Gasteiger partial charge is 0.137 e. The molecule has 4 heteroatoms. The highest BCUT2D eigenvalue weighted by Crippen LogP contribution is 2.40. The van der Waals surface area contributed by atoms with Crippen LogP contribution in [0.4, 0.5) is 4.39 Å². The van der Waals surface area contributed by atoms with Crippen LogP contribution in [0.1, 0.15) is 24.4 Å². The number of aliphatic hydroxyl groups is 1. The zero-order chi connectivity index (χ0) is 10.8. The van der Waals surface area contributed by atoms with Crippen molar-refractivity contribution in [2.45, 2.75) is 29.0 Å². The average molecular weight is 227 g/mol. The lowest BCUT2D eigenvalue weighted by Gasteiger charge is -2.10. The van der Waals surface area contributed by atoms with Crippen LogP contribution in [0.15, 0.2) is 23.1 Å². The summed E-state index contributed by atoms with van der Waals surface area (Å²) >= 11 is 1.59. The molecule has 0 heterocycles. The summed E-state index contributed by atoms with van der Waals surface area (Å²) in [5, 5.41) is 9.45. The molecule has 2 rings (SSSR count). The maximum absolute atomic E-state index is 13.6. The molecule has 1 aromatic rings. The summed E-state index contributed by atoms with van der Waals surface area (Å²) in [4.78, 5) is 0.686. The zero-order valence-corrected chi connectivity index (χ0v) is 9.14. The van der Waals surface area contributed by atoms with Gasteiger partial charge in [-0.2, -0.15) is 0 Å². The number of aliphatic hydroxyl groups excluding tert-OH is 1. The molecule has 1 unspecified atom stereocenters. The summed E-state index contributed by atoms with van der Waals surface area (Å²) < 4.78 is 13.6. The predicted octanol–water partition coefficient (Wildman–Crippen LogP) is 2.07. The molecule has 1 aliphatic carbocycles. The van der Waals surface area contributed by atoms with Crippen LogP contribution in [0.25, 0.3) is 0 Å². The van der Waals surface area contributed by atoms with Gasteiger partial charge in [-0.3, -0.25) is 0 Å². The van der Waals surface area contributed by atoms with E-state index in [4.69, 9.17) is 10.8 Å². The van der Waals surface area contributed by atoms with Gasteiger partial charge in [0.1, 0.15) is 5.82 Å². The molecule has 0 amide bonds. The molecule has 3 N–H and O–H groups in total. The maximum Gasteiger partial charge on any atom is 0.137 e. The number of rotatable bonds is 4. The van der Waals surface area contributed by atoms with Gasteiger partial charge >= 0.3 is 0 Å². The predicted molar refractivity (Wildman–Crippen MR) is 59.3 cm³/mol. The summed E-state index contributed by atoms with van der Waals surface area (Å²) in [5.41, 5.74) is 6.25. The second kappa shape index (κ2) is 4.51. The van der Waals surface area contributed by atoms with Crippen LogP contribution in [0.5, 0.6) is 0 Å². The second-order valence-electron chi connectivity index (χ2n) is 3.80. The minimum Gasteiger partial charge on any atom is -0.394 e. The van der Waals surface area contributed by atoms with Crippen LogP contribution in [0.3, 0.4) is 0 Å². The normalized spacial score (nSPS) is 17.8. The van der Waals surface area contributed by atoms with Gasteiger partial charge in [0.25, 0.3) is 0 Å². The van der Waals surface area contributed by atoms with Gasteiger partial charge in [-0.25, -0.2) is 4.39 Å². The van der Waals surface area contributed by atoms with E-state index in [0.717, 1.165) is 0 Å². The lowest BCUT2D eigenvalue weighted by atomic mass is 10.1. The molecule has 1 aromatic carbocycles. The van der Waals surface area contributed by atoms with Crippen molar-refractivity contribution in [3.8, 4) is 0 Å². The molecule has 0 aromatic heterocycles. The summed E-state index contributed by atoms with van der Waals surface area (Å²) in [5.74, 6) is -0.228. The summed E-state index contributed by atoms with van der Waals surface area (Å²) in [6, 6.07) is 4.48. The fourth-order valence-electron chi connectivity index (χ4n) is 1.31. The van der Waals surface area contributed by atoms with Gasteiger partial charge in [0.05, 0.1) is 12.6 Å². The largest absolute Gasteiger partial charge is 0.394 e. The van der Waals surface area contributed by atoms with Crippen molar-refractivity contribution >= 4 is 11.8 Å². The van der Waals surface area contributed by atoms with Crippen molar-refractivity contribution in [1.82, 2.24) is 0 Å². The topological polar surface area (TPSA) is 46.2 Å². The molecule has 1 atom stereocenters. The third-order valence-corrected chi connectivity index (χ3v) is 3.79. The Morgan fingerprint density at radius 1 is 1.53 bits per heavy atom. The number of thioether (sulfide) groups is 1. The highest BCUT2D eigenvalue weighted by molar-refractivity contribution is 8.00. The van der Waals surface area contributed by atoms with Crippen molar-refractivity contribution < 1.29 is 9.50 Å². The van der Waals surface area contributed by atoms with Gasteiger partial charge in [0.15, 0.2) is 0 Å². The molecule has 0 saturated heterocycles. The van der Waals surface area contributed by atoms with Crippen molar-refractivity contribution in [2.75, 3.05) is 6.61 Å².